The molecule has 0 bridgehead atoms. The van der Waals surface area contributed by atoms with E-state index in [1.54, 1.807) is 6.92 Å². The Hall–Kier alpha value is -1.03. The summed E-state index contributed by atoms with van der Waals surface area (Å²) in [6.07, 6.45) is -0.364. The fourth-order valence-corrected chi connectivity index (χ4v) is 1.29. The molecule has 0 aliphatic heterocycles. The van der Waals surface area contributed by atoms with Gasteiger partial charge in [0, 0.05) is 12.1 Å². The van der Waals surface area contributed by atoms with Crippen molar-refractivity contribution in [1.29, 1.82) is 0 Å². The lowest BCUT2D eigenvalue weighted by Crippen LogP contribution is -2.04. The fourth-order valence-electron chi connectivity index (χ4n) is 1.29. The van der Waals surface area contributed by atoms with Gasteiger partial charge < -0.3 is 5.11 Å². The lowest BCUT2D eigenvalue weighted by Gasteiger charge is -2.11. The minimum atomic E-state index is -1.21. The molecule has 14 heavy (non-hydrogen) atoms. The molecule has 1 N–H and O–H groups in total. The van der Waals surface area contributed by atoms with Gasteiger partial charge in [0.15, 0.2) is 0 Å². The van der Waals surface area contributed by atoms with E-state index in [0.717, 1.165) is 0 Å². The van der Waals surface area contributed by atoms with E-state index in [1.165, 1.54) is 0 Å². The smallest absolute Gasteiger partial charge is 0.134 e. The van der Waals surface area contributed by atoms with Crippen LogP contribution in [0.5, 0.6) is 0 Å². The quantitative estimate of drug-likeness (QED) is 0.802. The third-order valence-electron chi connectivity index (χ3n) is 1.94. The number of benzene rings is 1. The first kappa shape index (κ1) is 11.0. The van der Waals surface area contributed by atoms with Gasteiger partial charge in [-0.25, -0.2) is 13.2 Å². The molecule has 1 nitrogen and oxygen atoms in total. The van der Waals surface area contributed by atoms with Crippen molar-refractivity contribution < 1.29 is 18.3 Å². The Morgan fingerprint density at radius 1 is 1.21 bits per heavy atom. The normalized spacial score (nSPS) is 12.9. The summed E-state index contributed by atoms with van der Waals surface area (Å²) in [6.45, 7) is 1.78. The SMILES string of the molecule is CCC[C@@H](O)c1c(F)cc(F)cc1F. The van der Waals surface area contributed by atoms with Gasteiger partial charge in [-0.3, -0.25) is 0 Å². The Morgan fingerprint density at radius 3 is 2.14 bits per heavy atom. The van der Waals surface area contributed by atoms with Crippen molar-refractivity contribution in [3.63, 3.8) is 0 Å². The number of aliphatic hydroxyl groups excluding tert-OH is 1. The van der Waals surface area contributed by atoms with Crippen LogP contribution in [0.2, 0.25) is 0 Å². The third-order valence-corrected chi connectivity index (χ3v) is 1.94. The molecule has 0 amide bonds. The molecule has 0 saturated carbocycles. The number of hydrogen-bond acceptors (Lipinski definition) is 1. The van der Waals surface area contributed by atoms with Gasteiger partial charge in [0.25, 0.3) is 0 Å². The molecule has 1 aromatic carbocycles. The van der Waals surface area contributed by atoms with Crippen molar-refractivity contribution in [3.8, 4) is 0 Å². The zero-order valence-electron chi connectivity index (χ0n) is 7.73. The molecule has 1 rings (SSSR count). The van der Waals surface area contributed by atoms with E-state index in [-0.39, 0.29) is 6.42 Å². The van der Waals surface area contributed by atoms with Gasteiger partial charge in [-0.1, -0.05) is 13.3 Å². The summed E-state index contributed by atoms with van der Waals surface area (Å²) in [7, 11) is 0. The van der Waals surface area contributed by atoms with Crippen LogP contribution in [-0.4, -0.2) is 5.11 Å². The largest absolute Gasteiger partial charge is 0.388 e. The highest BCUT2D eigenvalue weighted by molar-refractivity contribution is 5.22. The lowest BCUT2D eigenvalue weighted by molar-refractivity contribution is 0.156. The minimum absolute atomic E-state index is 0.249. The summed E-state index contributed by atoms with van der Waals surface area (Å²) in [4.78, 5) is 0. The Labute approximate surface area is 80.2 Å². The predicted octanol–water partition coefficient (Wildman–Crippen LogP) is 2.94. The standard InChI is InChI=1S/C10H11F3O/c1-2-3-9(14)10-7(12)4-6(11)5-8(10)13/h4-5,9,14H,2-3H2,1H3/t9-/m1/s1. The van der Waals surface area contributed by atoms with E-state index in [0.29, 0.717) is 18.6 Å². The van der Waals surface area contributed by atoms with Crippen LogP contribution in [0, 0.1) is 17.5 Å². The number of halogens is 3. The third kappa shape index (κ3) is 2.26. The Kier molecular flexibility index (Phi) is 3.52. The maximum atomic E-state index is 13.0. The van der Waals surface area contributed by atoms with Crippen LogP contribution in [0.1, 0.15) is 31.4 Å². The molecule has 4 heteroatoms. The maximum Gasteiger partial charge on any atom is 0.134 e. The highest BCUT2D eigenvalue weighted by atomic mass is 19.1. The predicted molar refractivity (Wildman–Crippen MR) is 46.2 cm³/mol. The fraction of sp³-hybridized carbons (Fsp3) is 0.400. The average molecular weight is 204 g/mol. The molecule has 0 unspecified atom stereocenters. The van der Waals surface area contributed by atoms with Crippen molar-refractivity contribution >= 4 is 0 Å². The lowest BCUT2D eigenvalue weighted by atomic mass is 10.0. The van der Waals surface area contributed by atoms with E-state index >= 15 is 0 Å². The second-order valence-corrected chi connectivity index (χ2v) is 3.09. The number of hydrogen-bond donors (Lipinski definition) is 1. The topological polar surface area (TPSA) is 20.2 Å². The molecule has 0 radical (unpaired) electrons. The highest BCUT2D eigenvalue weighted by Crippen LogP contribution is 2.24. The second kappa shape index (κ2) is 4.46. The Morgan fingerprint density at radius 2 is 1.71 bits per heavy atom. The number of rotatable bonds is 3. The first-order valence-electron chi connectivity index (χ1n) is 4.38. The highest BCUT2D eigenvalue weighted by Gasteiger charge is 2.18. The first-order valence-corrected chi connectivity index (χ1v) is 4.38. The van der Waals surface area contributed by atoms with E-state index < -0.39 is 29.1 Å². The summed E-state index contributed by atoms with van der Waals surface area (Å²) in [5.41, 5.74) is -0.451. The molecule has 0 aliphatic carbocycles. The van der Waals surface area contributed by atoms with Gasteiger partial charge in [0.1, 0.15) is 17.5 Å². The van der Waals surface area contributed by atoms with Gasteiger partial charge in [-0.15, -0.1) is 0 Å². The molecule has 0 aliphatic rings. The van der Waals surface area contributed by atoms with Crippen LogP contribution in [0.15, 0.2) is 12.1 Å². The molecule has 78 valence electrons. The molecule has 0 aromatic heterocycles. The van der Waals surface area contributed by atoms with Crippen LogP contribution in [-0.2, 0) is 0 Å². The Bertz CT molecular complexity index is 302. The van der Waals surface area contributed by atoms with E-state index in [2.05, 4.69) is 0 Å². The van der Waals surface area contributed by atoms with Gasteiger partial charge in [0.2, 0.25) is 0 Å². The second-order valence-electron chi connectivity index (χ2n) is 3.09. The molecule has 1 atom stereocenters. The maximum absolute atomic E-state index is 13.0. The van der Waals surface area contributed by atoms with Gasteiger partial charge in [0.05, 0.1) is 11.7 Å². The van der Waals surface area contributed by atoms with Crippen LogP contribution < -0.4 is 0 Å². The van der Waals surface area contributed by atoms with Gasteiger partial charge in [-0.2, -0.15) is 0 Å². The molecule has 0 heterocycles. The van der Waals surface area contributed by atoms with Crippen molar-refractivity contribution in [3.05, 3.63) is 35.1 Å². The molecule has 0 fully saturated rings. The zero-order valence-corrected chi connectivity index (χ0v) is 7.73. The summed E-state index contributed by atoms with van der Waals surface area (Å²) < 4.78 is 38.6. The van der Waals surface area contributed by atoms with Gasteiger partial charge >= 0.3 is 0 Å². The minimum Gasteiger partial charge on any atom is -0.388 e. The van der Waals surface area contributed by atoms with Gasteiger partial charge in [-0.05, 0) is 6.42 Å². The van der Waals surface area contributed by atoms with Crippen LogP contribution >= 0.6 is 0 Å². The molecule has 1 aromatic rings. The van der Waals surface area contributed by atoms with E-state index in [4.69, 9.17) is 0 Å². The van der Waals surface area contributed by atoms with E-state index in [1.807, 2.05) is 0 Å². The molecule has 0 saturated heterocycles. The summed E-state index contributed by atoms with van der Waals surface area (Å²) in [5, 5.41) is 9.37. The molecule has 0 spiro atoms. The van der Waals surface area contributed by atoms with Crippen LogP contribution in [0.3, 0.4) is 0 Å². The molecular weight excluding hydrogens is 193 g/mol. The first-order chi connectivity index (χ1) is 6.56. The summed E-state index contributed by atoms with van der Waals surface area (Å²) >= 11 is 0. The van der Waals surface area contributed by atoms with Crippen molar-refractivity contribution in [2.75, 3.05) is 0 Å². The zero-order chi connectivity index (χ0) is 10.7. The summed E-state index contributed by atoms with van der Waals surface area (Å²) in [5.74, 6) is -3.06. The van der Waals surface area contributed by atoms with Crippen molar-refractivity contribution in [2.45, 2.75) is 25.9 Å². The van der Waals surface area contributed by atoms with E-state index in [9.17, 15) is 18.3 Å². The number of aliphatic hydroxyl groups is 1. The monoisotopic (exact) mass is 204 g/mol. The molecular formula is C10H11F3O. The van der Waals surface area contributed by atoms with Crippen molar-refractivity contribution in [2.24, 2.45) is 0 Å². The van der Waals surface area contributed by atoms with Crippen LogP contribution in [0.4, 0.5) is 13.2 Å². The van der Waals surface area contributed by atoms with Crippen molar-refractivity contribution in [1.82, 2.24) is 0 Å². The van der Waals surface area contributed by atoms with Crippen LogP contribution in [0.25, 0.3) is 0 Å². The Balaban J connectivity index is 3.07. The average Bonchev–Trinajstić information content (AvgIpc) is 2.01. The summed E-state index contributed by atoms with van der Waals surface area (Å²) in [6, 6.07) is 1.13.